The highest BCUT2D eigenvalue weighted by atomic mass is 16.2. The fraction of sp³-hybridized carbons (Fsp3) is 0.880. The first-order valence-corrected chi connectivity index (χ1v) is 12.4. The van der Waals surface area contributed by atoms with E-state index in [9.17, 15) is 14.4 Å². The van der Waals surface area contributed by atoms with Crippen molar-refractivity contribution >= 4 is 17.7 Å². The first kappa shape index (κ1) is 25.8. The minimum atomic E-state index is -1.12. The monoisotopic (exact) mass is 435 g/mol. The Kier molecular flexibility index (Phi) is 8.71. The zero-order valence-corrected chi connectivity index (χ0v) is 20.7. The fourth-order valence-corrected chi connectivity index (χ4v) is 6.28. The molecule has 2 atom stereocenters. The second-order valence-corrected chi connectivity index (χ2v) is 11.0. The van der Waals surface area contributed by atoms with Gasteiger partial charge in [0.15, 0.2) is 5.66 Å². The van der Waals surface area contributed by atoms with Gasteiger partial charge < -0.3 is 5.32 Å². The number of hydrogen-bond acceptors (Lipinski definition) is 4. The SMILES string of the molecule is CCCCCCCCCCCCN1C(=O)NC2(CC(C)(C)C(C(C)=O)C(C)(C)N2)C1=O. The number of unbranched alkanes of at least 4 members (excludes halogenated alkanes) is 9. The van der Waals surface area contributed by atoms with Crippen LogP contribution in [0.2, 0.25) is 0 Å². The van der Waals surface area contributed by atoms with Crippen molar-refractivity contribution in [3.8, 4) is 0 Å². The van der Waals surface area contributed by atoms with Crippen LogP contribution in [0.25, 0.3) is 0 Å². The van der Waals surface area contributed by atoms with E-state index in [2.05, 4.69) is 17.6 Å². The van der Waals surface area contributed by atoms with Crippen molar-refractivity contribution in [3.05, 3.63) is 0 Å². The van der Waals surface area contributed by atoms with Gasteiger partial charge in [-0.3, -0.25) is 19.8 Å². The van der Waals surface area contributed by atoms with Gasteiger partial charge >= 0.3 is 6.03 Å². The van der Waals surface area contributed by atoms with E-state index >= 15 is 0 Å². The van der Waals surface area contributed by atoms with Crippen LogP contribution >= 0.6 is 0 Å². The van der Waals surface area contributed by atoms with Crippen LogP contribution in [0.5, 0.6) is 0 Å². The molecule has 0 bridgehead atoms. The van der Waals surface area contributed by atoms with Gasteiger partial charge in [-0.2, -0.15) is 0 Å². The number of carbonyl (C=O) groups is 3. The van der Waals surface area contributed by atoms with Gasteiger partial charge in [-0.05, 0) is 39.0 Å². The summed E-state index contributed by atoms with van der Waals surface area (Å²) in [5.41, 5.74) is -2.12. The number of hydrogen-bond donors (Lipinski definition) is 2. The maximum absolute atomic E-state index is 13.3. The normalized spacial score (nSPS) is 27.0. The van der Waals surface area contributed by atoms with E-state index in [1.54, 1.807) is 6.92 Å². The molecule has 2 rings (SSSR count). The van der Waals surface area contributed by atoms with Crippen molar-refractivity contribution in [2.75, 3.05) is 6.54 Å². The van der Waals surface area contributed by atoms with Crippen molar-refractivity contribution in [3.63, 3.8) is 0 Å². The molecule has 0 aromatic carbocycles. The number of urea groups is 1. The minimum Gasteiger partial charge on any atom is -0.311 e. The number of piperidine rings is 1. The van der Waals surface area contributed by atoms with Gasteiger partial charge in [0.05, 0.1) is 0 Å². The summed E-state index contributed by atoms with van der Waals surface area (Å²) in [6.45, 7) is 12.3. The number of carbonyl (C=O) groups excluding carboxylic acids is 3. The van der Waals surface area contributed by atoms with Crippen LogP contribution in [-0.4, -0.2) is 40.4 Å². The molecule has 31 heavy (non-hydrogen) atoms. The van der Waals surface area contributed by atoms with Crippen molar-refractivity contribution in [2.45, 2.75) is 123 Å². The van der Waals surface area contributed by atoms with Crippen LogP contribution < -0.4 is 10.6 Å². The quantitative estimate of drug-likeness (QED) is 0.328. The molecule has 2 aliphatic heterocycles. The maximum Gasteiger partial charge on any atom is 0.326 e. The third-order valence-corrected chi connectivity index (χ3v) is 7.08. The van der Waals surface area contributed by atoms with Gasteiger partial charge in [0, 0.05) is 18.0 Å². The van der Waals surface area contributed by atoms with E-state index in [-0.39, 0.29) is 23.6 Å². The summed E-state index contributed by atoms with van der Waals surface area (Å²) in [5, 5.41) is 6.30. The smallest absolute Gasteiger partial charge is 0.311 e. The lowest BCUT2D eigenvalue weighted by Gasteiger charge is -2.54. The number of rotatable bonds is 12. The third-order valence-electron chi connectivity index (χ3n) is 7.08. The lowest BCUT2D eigenvalue weighted by molar-refractivity contribution is -0.146. The van der Waals surface area contributed by atoms with Gasteiger partial charge in [0.2, 0.25) is 0 Å². The number of amides is 3. The van der Waals surface area contributed by atoms with Gasteiger partial charge in [-0.25, -0.2) is 4.79 Å². The molecular formula is C25H45N3O3. The summed E-state index contributed by atoms with van der Waals surface area (Å²) in [4.78, 5) is 39.7. The van der Waals surface area contributed by atoms with E-state index in [1.165, 1.54) is 49.8 Å². The molecule has 2 N–H and O–H groups in total. The van der Waals surface area contributed by atoms with Crippen LogP contribution in [0.15, 0.2) is 0 Å². The zero-order valence-electron chi connectivity index (χ0n) is 20.7. The predicted molar refractivity (Wildman–Crippen MR) is 125 cm³/mol. The predicted octanol–water partition coefficient (Wildman–Crippen LogP) is 5.16. The molecular weight excluding hydrogens is 390 g/mol. The molecule has 0 aromatic heterocycles. The van der Waals surface area contributed by atoms with Gasteiger partial charge in [0.25, 0.3) is 5.91 Å². The molecule has 2 aliphatic rings. The van der Waals surface area contributed by atoms with Crippen LogP contribution in [0.1, 0.15) is 112 Å². The molecule has 1 spiro atoms. The molecule has 6 nitrogen and oxygen atoms in total. The number of nitrogens with zero attached hydrogens (tertiary/aromatic N) is 1. The van der Waals surface area contributed by atoms with E-state index in [4.69, 9.17) is 0 Å². The second kappa shape index (κ2) is 10.5. The summed E-state index contributed by atoms with van der Waals surface area (Å²) in [7, 11) is 0. The van der Waals surface area contributed by atoms with E-state index in [0.29, 0.717) is 13.0 Å². The maximum atomic E-state index is 13.3. The van der Waals surface area contributed by atoms with Crippen LogP contribution in [0.3, 0.4) is 0 Å². The number of ketones is 1. The minimum absolute atomic E-state index is 0.108. The highest BCUT2D eigenvalue weighted by Crippen LogP contribution is 2.47. The molecule has 0 aromatic rings. The highest BCUT2D eigenvalue weighted by molar-refractivity contribution is 6.07. The lowest BCUT2D eigenvalue weighted by Crippen LogP contribution is -2.74. The molecule has 3 amide bonds. The highest BCUT2D eigenvalue weighted by Gasteiger charge is 2.62. The largest absolute Gasteiger partial charge is 0.326 e. The van der Waals surface area contributed by atoms with Gasteiger partial charge in [-0.1, -0.05) is 78.6 Å². The Labute approximate surface area is 189 Å². The van der Waals surface area contributed by atoms with Crippen molar-refractivity contribution in [1.82, 2.24) is 15.5 Å². The van der Waals surface area contributed by atoms with Crippen molar-refractivity contribution in [1.29, 1.82) is 0 Å². The standard InChI is InChI=1S/C25H45N3O3/c1-7-8-9-10-11-12-13-14-15-16-17-28-21(30)25(26-22(28)31)18-23(3,4)20(19(2)29)24(5,6)27-25/h20,27H,7-18H2,1-6H3,(H,26,31). The van der Waals surface area contributed by atoms with Crippen molar-refractivity contribution in [2.24, 2.45) is 11.3 Å². The Hall–Kier alpha value is -1.43. The average molecular weight is 436 g/mol. The molecule has 0 saturated carbocycles. The number of Topliss-reactive ketones (excluding diaryl/α,β-unsaturated/α-hetero) is 1. The molecule has 0 aliphatic carbocycles. The fourth-order valence-electron chi connectivity index (χ4n) is 6.28. The molecule has 6 heteroatoms. The Bertz CT molecular complexity index is 638. The van der Waals surface area contributed by atoms with Crippen LogP contribution in [0, 0.1) is 11.3 Å². The van der Waals surface area contributed by atoms with Crippen LogP contribution in [-0.2, 0) is 9.59 Å². The molecule has 178 valence electrons. The third kappa shape index (κ3) is 6.09. The number of imide groups is 1. The lowest BCUT2D eigenvalue weighted by atomic mass is 9.60. The van der Waals surface area contributed by atoms with Crippen molar-refractivity contribution < 1.29 is 14.4 Å². The summed E-state index contributed by atoms with van der Waals surface area (Å²) < 4.78 is 0. The van der Waals surface area contributed by atoms with E-state index < -0.39 is 16.6 Å². The first-order valence-electron chi connectivity index (χ1n) is 12.4. The van der Waals surface area contributed by atoms with Gasteiger partial charge in [-0.15, -0.1) is 0 Å². The molecule has 2 fully saturated rings. The summed E-state index contributed by atoms with van der Waals surface area (Å²) in [6.07, 6.45) is 12.6. The van der Waals surface area contributed by atoms with E-state index in [0.717, 1.165) is 19.3 Å². The summed E-state index contributed by atoms with van der Waals surface area (Å²) in [5.74, 6) is -0.320. The molecule has 2 saturated heterocycles. The summed E-state index contributed by atoms with van der Waals surface area (Å²) >= 11 is 0. The molecule has 2 unspecified atom stereocenters. The number of nitrogens with one attached hydrogen (secondary N) is 2. The Morgan fingerprint density at radius 3 is 1.94 bits per heavy atom. The Morgan fingerprint density at radius 1 is 0.935 bits per heavy atom. The Morgan fingerprint density at radius 2 is 1.45 bits per heavy atom. The topological polar surface area (TPSA) is 78.5 Å². The molecule has 0 radical (unpaired) electrons. The summed E-state index contributed by atoms with van der Waals surface area (Å²) in [6, 6.07) is -0.318. The Balaban J connectivity index is 1.85. The van der Waals surface area contributed by atoms with Crippen LogP contribution in [0.4, 0.5) is 4.79 Å². The molecule has 2 heterocycles. The zero-order chi connectivity index (χ0) is 23.3. The van der Waals surface area contributed by atoms with Gasteiger partial charge in [0.1, 0.15) is 5.78 Å². The first-order chi connectivity index (χ1) is 14.5. The van der Waals surface area contributed by atoms with E-state index in [1.807, 2.05) is 27.7 Å². The second-order valence-electron chi connectivity index (χ2n) is 11.0. The average Bonchev–Trinajstić information content (AvgIpc) is 2.83.